The Labute approximate surface area is 71.3 Å². The van der Waals surface area contributed by atoms with Gasteiger partial charge in [-0.3, -0.25) is 0 Å². The minimum Gasteiger partial charge on any atom is -0.345 e. The van der Waals surface area contributed by atoms with E-state index in [1.807, 2.05) is 24.4 Å². The van der Waals surface area contributed by atoms with Crippen LogP contribution in [0, 0.1) is 0 Å². The molecule has 0 fully saturated rings. The molecule has 0 unspecified atom stereocenters. The molecule has 1 aliphatic carbocycles. The van der Waals surface area contributed by atoms with E-state index in [9.17, 15) is 0 Å². The van der Waals surface area contributed by atoms with E-state index in [0.29, 0.717) is 0 Å². The predicted molar refractivity (Wildman–Crippen MR) is 49.5 cm³/mol. The third kappa shape index (κ3) is 1.37. The van der Waals surface area contributed by atoms with E-state index in [2.05, 4.69) is 22.1 Å². The number of hydrogen-bond acceptors (Lipinski definition) is 1. The molecule has 1 aromatic heterocycles. The molecule has 0 bridgehead atoms. The van der Waals surface area contributed by atoms with E-state index >= 15 is 0 Å². The summed E-state index contributed by atoms with van der Waals surface area (Å²) in [5.74, 6) is 0.964. The van der Waals surface area contributed by atoms with Crippen LogP contribution in [0.1, 0.15) is 12.2 Å². The molecule has 0 atom stereocenters. The quantitative estimate of drug-likeness (QED) is 0.667. The highest BCUT2D eigenvalue weighted by Crippen LogP contribution is 2.16. The zero-order chi connectivity index (χ0) is 8.23. The molecule has 1 N–H and O–H groups in total. The Kier molecular flexibility index (Phi) is 1.90. The topological polar surface area (TPSA) is 28.7 Å². The van der Waals surface area contributed by atoms with Crippen LogP contribution in [0.25, 0.3) is 5.57 Å². The maximum absolute atomic E-state index is 4.19. The molecule has 0 radical (unpaired) electrons. The normalized spacial score (nSPS) is 15.8. The van der Waals surface area contributed by atoms with Crippen LogP contribution in [0.15, 0.2) is 42.8 Å². The zero-order valence-corrected chi connectivity index (χ0v) is 6.70. The summed E-state index contributed by atoms with van der Waals surface area (Å²) in [4.78, 5) is 7.28. The largest absolute Gasteiger partial charge is 0.345 e. The molecular weight excluding hydrogens is 148 g/mol. The van der Waals surface area contributed by atoms with Crippen molar-refractivity contribution in [2.24, 2.45) is 0 Å². The lowest BCUT2D eigenvalue weighted by atomic mass is 10.2. The van der Waals surface area contributed by atoms with Gasteiger partial charge in [0.2, 0.25) is 0 Å². The Bertz CT molecular complexity index is 329. The lowest BCUT2D eigenvalue weighted by Gasteiger charge is -1.96. The van der Waals surface area contributed by atoms with Crippen molar-refractivity contribution in [3.05, 3.63) is 48.6 Å². The second-order valence-electron chi connectivity index (χ2n) is 2.65. The first-order valence-corrected chi connectivity index (χ1v) is 3.99. The summed E-state index contributed by atoms with van der Waals surface area (Å²) in [5, 5.41) is 0. The van der Waals surface area contributed by atoms with Crippen molar-refractivity contribution in [3.8, 4) is 0 Å². The van der Waals surface area contributed by atoms with E-state index in [4.69, 9.17) is 0 Å². The third-order valence-corrected chi connectivity index (χ3v) is 1.80. The molecule has 1 heterocycles. The van der Waals surface area contributed by atoms with E-state index in [0.717, 1.165) is 12.2 Å². The van der Waals surface area contributed by atoms with Gasteiger partial charge in [-0.25, -0.2) is 4.98 Å². The Morgan fingerprint density at radius 3 is 3.08 bits per heavy atom. The monoisotopic (exact) mass is 158 g/mol. The van der Waals surface area contributed by atoms with Gasteiger partial charge in [-0.1, -0.05) is 30.4 Å². The number of rotatable bonds is 1. The average molecular weight is 158 g/mol. The van der Waals surface area contributed by atoms with Crippen molar-refractivity contribution < 1.29 is 0 Å². The second kappa shape index (κ2) is 3.22. The zero-order valence-electron chi connectivity index (χ0n) is 6.70. The number of nitrogens with one attached hydrogen (secondary N) is 1. The highest BCUT2D eigenvalue weighted by molar-refractivity contribution is 5.63. The van der Waals surface area contributed by atoms with Crippen molar-refractivity contribution in [2.45, 2.75) is 6.42 Å². The van der Waals surface area contributed by atoms with E-state index < -0.39 is 0 Å². The van der Waals surface area contributed by atoms with Crippen molar-refractivity contribution in [1.29, 1.82) is 0 Å². The maximum atomic E-state index is 4.19. The SMILES string of the molecule is C1=CC=C(c2ncc[nH]2)CC=C1. The van der Waals surface area contributed by atoms with Crippen molar-refractivity contribution in [1.82, 2.24) is 9.97 Å². The van der Waals surface area contributed by atoms with E-state index in [-0.39, 0.29) is 0 Å². The number of aromatic nitrogens is 2. The smallest absolute Gasteiger partial charge is 0.133 e. The third-order valence-electron chi connectivity index (χ3n) is 1.80. The molecule has 0 amide bonds. The summed E-state index contributed by atoms with van der Waals surface area (Å²) < 4.78 is 0. The van der Waals surface area contributed by atoms with Gasteiger partial charge in [0.15, 0.2) is 0 Å². The lowest BCUT2D eigenvalue weighted by Crippen LogP contribution is -1.84. The van der Waals surface area contributed by atoms with Gasteiger partial charge in [0.1, 0.15) is 5.82 Å². The molecule has 2 heteroatoms. The average Bonchev–Trinajstić information content (AvgIpc) is 2.48. The van der Waals surface area contributed by atoms with Crippen LogP contribution in [0.5, 0.6) is 0 Å². The lowest BCUT2D eigenvalue weighted by molar-refractivity contribution is 1.20. The van der Waals surface area contributed by atoms with E-state index in [1.165, 1.54) is 5.57 Å². The van der Waals surface area contributed by atoms with Crippen molar-refractivity contribution in [2.75, 3.05) is 0 Å². The standard InChI is InChI=1S/C10H10N2/c1-2-4-6-9(5-3-1)10-11-7-8-12-10/h1-5,7-8H,6H2,(H,11,12). The van der Waals surface area contributed by atoms with Crippen molar-refractivity contribution >= 4 is 5.57 Å². The second-order valence-corrected chi connectivity index (χ2v) is 2.65. The Hall–Kier alpha value is -1.57. The molecule has 12 heavy (non-hydrogen) atoms. The predicted octanol–water partition coefficient (Wildman–Crippen LogP) is 2.31. The molecule has 0 aliphatic heterocycles. The number of nitrogens with zero attached hydrogens (tertiary/aromatic N) is 1. The van der Waals surface area contributed by atoms with Crippen LogP contribution >= 0.6 is 0 Å². The number of imidazole rings is 1. The first-order valence-electron chi connectivity index (χ1n) is 3.99. The van der Waals surface area contributed by atoms with Gasteiger partial charge >= 0.3 is 0 Å². The van der Waals surface area contributed by atoms with Gasteiger partial charge in [0.05, 0.1) is 0 Å². The Morgan fingerprint density at radius 2 is 2.25 bits per heavy atom. The van der Waals surface area contributed by atoms with Crippen LogP contribution in [0.4, 0.5) is 0 Å². The molecule has 0 saturated heterocycles. The summed E-state index contributed by atoms with van der Waals surface area (Å²) >= 11 is 0. The number of H-pyrrole nitrogens is 1. The van der Waals surface area contributed by atoms with Crippen LogP contribution in [0.2, 0.25) is 0 Å². The fourth-order valence-corrected chi connectivity index (χ4v) is 1.19. The first-order chi connectivity index (χ1) is 5.97. The molecular formula is C10H10N2. The highest BCUT2D eigenvalue weighted by Gasteiger charge is 2.00. The van der Waals surface area contributed by atoms with Gasteiger partial charge in [-0.05, 0) is 12.0 Å². The summed E-state index contributed by atoms with van der Waals surface area (Å²) in [6.45, 7) is 0. The Morgan fingerprint density at radius 1 is 1.25 bits per heavy atom. The van der Waals surface area contributed by atoms with Gasteiger partial charge in [0, 0.05) is 12.4 Å². The van der Waals surface area contributed by atoms with Crippen molar-refractivity contribution in [3.63, 3.8) is 0 Å². The highest BCUT2D eigenvalue weighted by atomic mass is 14.9. The molecule has 1 aliphatic rings. The Balaban J connectivity index is 2.30. The minimum atomic E-state index is 0.945. The van der Waals surface area contributed by atoms with Crippen LogP contribution in [-0.4, -0.2) is 9.97 Å². The summed E-state index contributed by atoms with van der Waals surface area (Å²) in [6.07, 6.45) is 14.9. The van der Waals surface area contributed by atoms with Crippen LogP contribution in [-0.2, 0) is 0 Å². The maximum Gasteiger partial charge on any atom is 0.133 e. The fraction of sp³-hybridized carbons (Fsp3) is 0.100. The molecule has 0 aromatic carbocycles. The summed E-state index contributed by atoms with van der Waals surface area (Å²) in [7, 11) is 0. The summed E-state index contributed by atoms with van der Waals surface area (Å²) in [5.41, 5.74) is 1.23. The molecule has 1 aromatic rings. The molecule has 2 nitrogen and oxygen atoms in total. The van der Waals surface area contributed by atoms with Crippen LogP contribution < -0.4 is 0 Å². The molecule has 2 rings (SSSR count). The fourth-order valence-electron chi connectivity index (χ4n) is 1.19. The van der Waals surface area contributed by atoms with Gasteiger partial charge in [-0.15, -0.1) is 0 Å². The van der Waals surface area contributed by atoms with Crippen LogP contribution in [0.3, 0.4) is 0 Å². The first kappa shape index (κ1) is 7.10. The number of allylic oxidation sites excluding steroid dienone is 6. The number of hydrogen-bond donors (Lipinski definition) is 1. The van der Waals surface area contributed by atoms with Gasteiger partial charge in [0.25, 0.3) is 0 Å². The molecule has 0 spiro atoms. The van der Waals surface area contributed by atoms with E-state index in [1.54, 1.807) is 6.20 Å². The summed E-state index contributed by atoms with van der Waals surface area (Å²) in [6, 6.07) is 0. The van der Waals surface area contributed by atoms with Gasteiger partial charge in [-0.2, -0.15) is 0 Å². The number of aromatic amines is 1. The minimum absolute atomic E-state index is 0.945. The molecule has 60 valence electrons. The van der Waals surface area contributed by atoms with Gasteiger partial charge < -0.3 is 4.98 Å². The molecule has 0 saturated carbocycles.